The van der Waals surface area contributed by atoms with Crippen LogP contribution in [0, 0.1) is 0 Å². The summed E-state index contributed by atoms with van der Waals surface area (Å²) < 4.78 is 5.80. The van der Waals surface area contributed by atoms with Crippen molar-refractivity contribution in [2.45, 2.75) is 0 Å². The van der Waals surface area contributed by atoms with E-state index in [0.29, 0.717) is 27.6 Å². The lowest BCUT2D eigenvalue weighted by Crippen LogP contribution is -2.03. The summed E-state index contributed by atoms with van der Waals surface area (Å²) >= 11 is 9.40. The molecule has 0 bridgehead atoms. The number of halogens is 2. The zero-order chi connectivity index (χ0) is 14.0. The maximum absolute atomic E-state index is 12.4. The number of ketones is 1. The van der Waals surface area contributed by atoms with Crippen LogP contribution in [0.1, 0.15) is 15.9 Å². The van der Waals surface area contributed by atoms with Gasteiger partial charge >= 0.3 is 0 Å². The standard InChI is InChI=1S/C14H11BrClNO2/c1-19-11-2-3-12(13(16)7-11)14(18)8-4-9(15)6-10(17)5-8/h2-7H,17H2,1H3. The molecule has 2 aromatic rings. The summed E-state index contributed by atoms with van der Waals surface area (Å²) in [6.07, 6.45) is 0. The summed E-state index contributed by atoms with van der Waals surface area (Å²) in [7, 11) is 1.54. The van der Waals surface area contributed by atoms with Crippen LogP contribution in [0.25, 0.3) is 0 Å². The van der Waals surface area contributed by atoms with Gasteiger partial charge < -0.3 is 10.5 Å². The molecule has 0 amide bonds. The number of methoxy groups -OCH3 is 1. The first-order chi connectivity index (χ1) is 9.01. The smallest absolute Gasteiger partial charge is 0.194 e. The van der Waals surface area contributed by atoms with Gasteiger partial charge in [0.05, 0.1) is 12.1 Å². The van der Waals surface area contributed by atoms with Gasteiger partial charge in [-0.15, -0.1) is 0 Å². The molecule has 5 heteroatoms. The highest BCUT2D eigenvalue weighted by Gasteiger charge is 2.14. The molecule has 0 atom stereocenters. The highest BCUT2D eigenvalue weighted by atomic mass is 79.9. The Bertz CT molecular complexity index is 623. The Kier molecular flexibility index (Phi) is 4.12. The summed E-state index contributed by atoms with van der Waals surface area (Å²) in [6.45, 7) is 0. The molecular formula is C14H11BrClNO2. The highest BCUT2D eigenvalue weighted by Crippen LogP contribution is 2.26. The van der Waals surface area contributed by atoms with Gasteiger partial charge in [0.25, 0.3) is 0 Å². The number of anilines is 1. The average Bonchev–Trinajstić information content (AvgIpc) is 2.36. The number of ether oxygens (including phenoxy) is 1. The molecule has 98 valence electrons. The minimum absolute atomic E-state index is 0.180. The van der Waals surface area contributed by atoms with Crippen molar-refractivity contribution in [1.82, 2.24) is 0 Å². The van der Waals surface area contributed by atoms with Crippen molar-refractivity contribution in [1.29, 1.82) is 0 Å². The molecule has 3 nitrogen and oxygen atoms in total. The van der Waals surface area contributed by atoms with Crippen LogP contribution >= 0.6 is 27.5 Å². The van der Waals surface area contributed by atoms with Crippen LogP contribution in [0.2, 0.25) is 5.02 Å². The molecule has 19 heavy (non-hydrogen) atoms. The Labute approximate surface area is 124 Å². The number of hydrogen-bond donors (Lipinski definition) is 1. The predicted molar refractivity (Wildman–Crippen MR) is 80.0 cm³/mol. The second-order valence-corrected chi connectivity index (χ2v) is 5.27. The molecule has 0 saturated carbocycles. The number of nitrogen functional groups attached to an aromatic ring is 1. The predicted octanol–water partition coefficient (Wildman–Crippen LogP) is 3.92. The summed E-state index contributed by atoms with van der Waals surface area (Å²) in [5.74, 6) is 0.427. The van der Waals surface area contributed by atoms with Crippen LogP contribution in [0.15, 0.2) is 40.9 Å². The van der Waals surface area contributed by atoms with E-state index in [-0.39, 0.29) is 5.78 Å². The van der Waals surface area contributed by atoms with E-state index < -0.39 is 0 Å². The van der Waals surface area contributed by atoms with Crippen molar-refractivity contribution in [3.63, 3.8) is 0 Å². The summed E-state index contributed by atoms with van der Waals surface area (Å²) in [6, 6.07) is 10.00. The fraction of sp³-hybridized carbons (Fsp3) is 0.0714. The van der Waals surface area contributed by atoms with Crippen molar-refractivity contribution in [3.8, 4) is 5.75 Å². The van der Waals surface area contributed by atoms with Crippen molar-refractivity contribution < 1.29 is 9.53 Å². The average molecular weight is 341 g/mol. The zero-order valence-electron chi connectivity index (χ0n) is 10.1. The molecule has 0 unspecified atom stereocenters. The molecule has 0 aliphatic carbocycles. The normalized spacial score (nSPS) is 10.3. The Morgan fingerprint density at radius 3 is 2.58 bits per heavy atom. The maximum atomic E-state index is 12.4. The third-order valence-electron chi connectivity index (χ3n) is 2.60. The lowest BCUT2D eigenvalue weighted by Gasteiger charge is -2.07. The van der Waals surface area contributed by atoms with Gasteiger partial charge in [0.15, 0.2) is 5.78 Å². The Balaban J connectivity index is 2.44. The molecule has 0 heterocycles. The van der Waals surface area contributed by atoms with Crippen molar-refractivity contribution >= 4 is 39.0 Å². The Hall–Kier alpha value is -1.52. The van der Waals surface area contributed by atoms with Crippen molar-refractivity contribution in [2.24, 2.45) is 0 Å². The van der Waals surface area contributed by atoms with E-state index in [4.69, 9.17) is 22.1 Å². The molecule has 0 spiro atoms. The number of carbonyl (C=O) groups is 1. The van der Waals surface area contributed by atoms with Gasteiger partial charge in [0.1, 0.15) is 5.75 Å². The van der Waals surface area contributed by atoms with E-state index in [0.717, 1.165) is 4.47 Å². The summed E-state index contributed by atoms with van der Waals surface area (Å²) in [5, 5.41) is 0.350. The molecule has 0 saturated heterocycles. The zero-order valence-corrected chi connectivity index (χ0v) is 12.5. The van der Waals surface area contributed by atoms with E-state index in [1.165, 1.54) is 0 Å². The summed E-state index contributed by atoms with van der Waals surface area (Å²) in [5.41, 5.74) is 7.14. The first kappa shape index (κ1) is 13.9. The van der Waals surface area contributed by atoms with Gasteiger partial charge in [-0.25, -0.2) is 0 Å². The lowest BCUT2D eigenvalue weighted by molar-refractivity contribution is 0.103. The van der Waals surface area contributed by atoms with Gasteiger partial charge in [0, 0.05) is 21.3 Å². The molecule has 0 aliphatic heterocycles. The van der Waals surface area contributed by atoms with Crippen molar-refractivity contribution in [3.05, 3.63) is 57.0 Å². The lowest BCUT2D eigenvalue weighted by atomic mass is 10.0. The molecule has 0 fully saturated rings. The molecule has 2 aromatic carbocycles. The number of hydrogen-bond acceptors (Lipinski definition) is 3. The molecule has 0 aliphatic rings. The molecule has 2 rings (SSSR count). The molecule has 0 aromatic heterocycles. The number of rotatable bonds is 3. The van der Waals surface area contributed by atoms with Gasteiger partial charge in [-0.3, -0.25) is 4.79 Å². The fourth-order valence-corrected chi connectivity index (χ4v) is 2.47. The van der Waals surface area contributed by atoms with E-state index in [9.17, 15) is 4.79 Å². The topological polar surface area (TPSA) is 52.3 Å². The van der Waals surface area contributed by atoms with Crippen LogP contribution in [-0.4, -0.2) is 12.9 Å². The fourth-order valence-electron chi connectivity index (χ4n) is 1.71. The minimum atomic E-state index is -0.180. The van der Waals surface area contributed by atoms with Crippen molar-refractivity contribution in [2.75, 3.05) is 12.8 Å². The second kappa shape index (κ2) is 5.63. The van der Waals surface area contributed by atoms with Gasteiger partial charge in [0.2, 0.25) is 0 Å². The van der Waals surface area contributed by atoms with Crippen LogP contribution in [0.3, 0.4) is 0 Å². The Morgan fingerprint density at radius 2 is 2.00 bits per heavy atom. The molecular weight excluding hydrogens is 330 g/mol. The van der Waals surface area contributed by atoms with Gasteiger partial charge in [-0.2, -0.15) is 0 Å². The third kappa shape index (κ3) is 3.08. The maximum Gasteiger partial charge on any atom is 0.194 e. The number of nitrogens with two attached hydrogens (primary N) is 1. The van der Waals surface area contributed by atoms with Gasteiger partial charge in [-0.1, -0.05) is 27.5 Å². The van der Waals surface area contributed by atoms with Crippen LogP contribution in [0.5, 0.6) is 5.75 Å². The second-order valence-electron chi connectivity index (χ2n) is 3.95. The highest BCUT2D eigenvalue weighted by molar-refractivity contribution is 9.10. The van der Waals surface area contributed by atoms with E-state index >= 15 is 0 Å². The van der Waals surface area contributed by atoms with Crippen LogP contribution in [0.4, 0.5) is 5.69 Å². The Morgan fingerprint density at radius 1 is 1.26 bits per heavy atom. The molecule has 2 N–H and O–H groups in total. The van der Waals surface area contributed by atoms with E-state index in [1.807, 2.05) is 0 Å². The minimum Gasteiger partial charge on any atom is -0.497 e. The van der Waals surface area contributed by atoms with E-state index in [2.05, 4.69) is 15.9 Å². The summed E-state index contributed by atoms with van der Waals surface area (Å²) in [4.78, 5) is 12.4. The SMILES string of the molecule is COc1ccc(C(=O)c2cc(N)cc(Br)c2)c(Cl)c1. The van der Waals surface area contributed by atoms with Gasteiger partial charge in [-0.05, 0) is 36.4 Å². The van der Waals surface area contributed by atoms with E-state index in [1.54, 1.807) is 43.5 Å². The van der Waals surface area contributed by atoms with Crippen LogP contribution in [-0.2, 0) is 0 Å². The third-order valence-corrected chi connectivity index (χ3v) is 3.37. The first-order valence-corrected chi connectivity index (χ1v) is 6.62. The quantitative estimate of drug-likeness (QED) is 0.680. The monoisotopic (exact) mass is 339 g/mol. The largest absolute Gasteiger partial charge is 0.497 e. The van der Waals surface area contributed by atoms with Crippen LogP contribution < -0.4 is 10.5 Å². The molecule has 0 radical (unpaired) electrons. The number of carbonyl (C=O) groups excluding carboxylic acids is 1. The first-order valence-electron chi connectivity index (χ1n) is 5.45. The number of benzene rings is 2.